The van der Waals surface area contributed by atoms with Crippen LogP contribution < -0.4 is 10.2 Å². The molecule has 0 saturated carbocycles. The van der Waals surface area contributed by atoms with Crippen LogP contribution in [0, 0.1) is 0 Å². The lowest BCUT2D eigenvalue weighted by atomic mass is 9.85. The van der Waals surface area contributed by atoms with Crippen molar-refractivity contribution in [1.82, 2.24) is 15.3 Å². The van der Waals surface area contributed by atoms with E-state index in [2.05, 4.69) is 27.3 Å². The molecule has 1 fully saturated rings. The van der Waals surface area contributed by atoms with E-state index in [0.717, 1.165) is 36.5 Å². The highest BCUT2D eigenvalue weighted by molar-refractivity contribution is 5.96. The van der Waals surface area contributed by atoms with Gasteiger partial charge in [0.2, 0.25) is 0 Å². The number of nitrogens with one attached hydrogen (secondary N) is 1. The SMILES string of the molecule is CC(C)c1nc2c(c(N3CCC(O)(Cc4ccccc4)CC3)n1)CCNC2=O. The number of aromatic nitrogens is 2. The molecule has 6 heteroatoms. The molecule has 2 N–H and O–H groups in total. The Morgan fingerprint density at radius 3 is 2.57 bits per heavy atom. The van der Waals surface area contributed by atoms with Gasteiger partial charge in [0.1, 0.15) is 17.3 Å². The fraction of sp³-hybridized carbons (Fsp3) is 0.500. The van der Waals surface area contributed by atoms with E-state index in [9.17, 15) is 9.90 Å². The van der Waals surface area contributed by atoms with E-state index in [-0.39, 0.29) is 11.8 Å². The van der Waals surface area contributed by atoms with E-state index in [1.54, 1.807) is 0 Å². The lowest BCUT2D eigenvalue weighted by Gasteiger charge is -2.40. The predicted molar refractivity (Wildman–Crippen MR) is 109 cm³/mol. The summed E-state index contributed by atoms with van der Waals surface area (Å²) in [7, 11) is 0. The lowest BCUT2D eigenvalue weighted by molar-refractivity contribution is 0.0164. The standard InChI is InChI=1S/C22H28N4O2/c1-15(2)19-24-18-17(8-11-23-21(18)27)20(25-19)26-12-9-22(28,10-13-26)14-16-6-4-3-5-7-16/h3-7,15,28H,8-14H2,1-2H3,(H,23,27). The first-order valence-electron chi connectivity index (χ1n) is 10.2. The largest absolute Gasteiger partial charge is 0.389 e. The molecule has 0 atom stereocenters. The minimum absolute atomic E-state index is 0.107. The molecule has 0 aliphatic carbocycles. The van der Waals surface area contributed by atoms with Crippen molar-refractivity contribution in [3.05, 3.63) is 53.0 Å². The number of hydrogen-bond acceptors (Lipinski definition) is 5. The van der Waals surface area contributed by atoms with Crippen molar-refractivity contribution in [2.24, 2.45) is 0 Å². The van der Waals surface area contributed by atoms with Crippen molar-refractivity contribution >= 4 is 11.7 Å². The van der Waals surface area contributed by atoms with Crippen LogP contribution in [0.25, 0.3) is 0 Å². The highest BCUT2D eigenvalue weighted by Gasteiger charge is 2.35. The molecule has 6 nitrogen and oxygen atoms in total. The zero-order valence-corrected chi connectivity index (χ0v) is 16.6. The van der Waals surface area contributed by atoms with Gasteiger partial charge in [0.05, 0.1) is 5.60 Å². The molecule has 1 aromatic carbocycles. The summed E-state index contributed by atoms with van der Waals surface area (Å²) in [6.45, 7) is 6.16. The third-order valence-electron chi connectivity index (χ3n) is 5.76. The normalized spacial score (nSPS) is 18.7. The van der Waals surface area contributed by atoms with Crippen molar-refractivity contribution in [1.29, 1.82) is 0 Å². The molecule has 3 heterocycles. The van der Waals surface area contributed by atoms with E-state index in [4.69, 9.17) is 4.98 Å². The number of nitrogens with zero attached hydrogens (tertiary/aromatic N) is 3. The predicted octanol–water partition coefficient (Wildman–Crippen LogP) is 2.46. The Labute approximate surface area is 166 Å². The summed E-state index contributed by atoms with van der Waals surface area (Å²) in [6, 6.07) is 10.2. The fourth-order valence-electron chi connectivity index (χ4n) is 4.10. The summed E-state index contributed by atoms with van der Waals surface area (Å²) in [4.78, 5) is 23.9. The van der Waals surface area contributed by atoms with E-state index in [0.29, 0.717) is 37.3 Å². The molecule has 1 aromatic heterocycles. The van der Waals surface area contributed by atoms with E-state index >= 15 is 0 Å². The van der Waals surface area contributed by atoms with Crippen LogP contribution in [0.15, 0.2) is 30.3 Å². The minimum atomic E-state index is -0.691. The van der Waals surface area contributed by atoms with Crippen LogP contribution in [0.1, 0.15) is 60.0 Å². The highest BCUT2D eigenvalue weighted by atomic mass is 16.3. The fourth-order valence-corrected chi connectivity index (χ4v) is 4.10. The number of benzene rings is 1. The summed E-state index contributed by atoms with van der Waals surface area (Å²) in [6.07, 6.45) is 2.79. The first-order valence-corrected chi connectivity index (χ1v) is 10.2. The van der Waals surface area contributed by atoms with E-state index < -0.39 is 5.60 Å². The summed E-state index contributed by atoms with van der Waals surface area (Å²) in [5, 5.41) is 14.0. The molecule has 28 heavy (non-hydrogen) atoms. The lowest BCUT2D eigenvalue weighted by Crippen LogP contribution is -2.47. The van der Waals surface area contributed by atoms with Gasteiger partial charge < -0.3 is 15.3 Å². The van der Waals surface area contributed by atoms with Gasteiger partial charge >= 0.3 is 0 Å². The molecular formula is C22H28N4O2. The molecule has 4 rings (SSSR count). The molecule has 0 spiro atoms. The molecule has 2 aromatic rings. The average Bonchev–Trinajstić information content (AvgIpc) is 2.69. The van der Waals surface area contributed by atoms with Crippen molar-refractivity contribution in [2.45, 2.75) is 51.0 Å². The highest BCUT2D eigenvalue weighted by Crippen LogP contribution is 2.32. The maximum atomic E-state index is 12.3. The molecule has 0 bridgehead atoms. The topological polar surface area (TPSA) is 78.3 Å². The number of amides is 1. The van der Waals surface area contributed by atoms with Crippen molar-refractivity contribution in [3.8, 4) is 0 Å². The summed E-state index contributed by atoms with van der Waals surface area (Å²) in [5.41, 5.74) is 1.94. The number of carbonyl (C=O) groups is 1. The van der Waals surface area contributed by atoms with Crippen LogP contribution >= 0.6 is 0 Å². The van der Waals surface area contributed by atoms with Gasteiger partial charge in [0.25, 0.3) is 5.91 Å². The Balaban J connectivity index is 1.57. The van der Waals surface area contributed by atoms with Gasteiger partial charge in [-0.1, -0.05) is 44.2 Å². The van der Waals surface area contributed by atoms with Crippen LogP contribution in [0.3, 0.4) is 0 Å². The zero-order chi connectivity index (χ0) is 19.7. The van der Waals surface area contributed by atoms with Gasteiger partial charge in [-0.25, -0.2) is 9.97 Å². The monoisotopic (exact) mass is 380 g/mol. The summed E-state index contributed by atoms with van der Waals surface area (Å²) in [5.74, 6) is 1.63. The van der Waals surface area contributed by atoms with Crippen LogP contribution in [-0.2, 0) is 12.8 Å². The van der Waals surface area contributed by atoms with E-state index in [1.165, 1.54) is 0 Å². The summed E-state index contributed by atoms with van der Waals surface area (Å²) >= 11 is 0. The summed E-state index contributed by atoms with van der Waals surface area (Å²) < 4.78 is 0. The molecule has 1 amide bonds. The van der Waals surface area contributed by atoms with Crippen LogP contribution in [0.2, 0.25) is 0 Å². The van der Waals surface area contributed by atoms with Crippen LogP contribution in [-0.4, -0.2) is 46.2 Å². The number of carbonyl (C=O) groups excluding carboxylic acids is 1. The second-order valence-electron chi connectivity index (χ2n) is 8.27. The number of anilines is 1. The average molecular weight is 380 g/mol. The molecule has 1 saturated heterocycles. The Bertz CT molecular complexity index is 858. The van der Waals surface area contributed by atoms with Gasteiger partial charge in [-0.3, -0.25) is 4.79 Å². The number of aliphatic hydroxyl groups is 1. The van der Waals surface area contributed by atoms with Gasteiger partial charge in [-0.05, 0) is 24.8 Å². The molecule has 0 radical (unpaired) electrons. The number of fused-ring (bicyclic) bond motifs is 1. The second-order valence-corrected chi connectivity index (χ2v) is 8.27. The molecule has 0 unspecified atom stereocenters. The molecule has 2 aliphatic heterocycles. The first kappa shape index (κ1) is 18.9. The van der Waals surface area contributed by atoms with E-state index in [1.807, 2.05) is 32.0 Å². The molecular weight excluding hydrogens is 352 g/mol. The molecule has 148 valence electrons. The zero-order valence-electron chi connectivity index (χ0n) is 16.6. The van der Waals surface area contributed by atoms with Crippen molar-refractivity contribution in [3.63, 3.8) is 0 Å². The smallest absolute Gasteiger partial charge is 0.270 e. The number of hydrogen-bond donors (Lipinski definition) is 2. The minimum Gasteiger partial charge on any atom is -0.389 e. The van der Waals surface area contributed by atoms with Gasteiger partial charge in [-0.2, -0.15) is 0 Å². The second kappa shape index (κ2) is 7.51. The third kappa shape index (κ3) is 3.74. The van der Waals surface area contributed by atoms with Crippen molar-refractivity contribution < 1.29 is 9.90 Å². The van der Waals surface area contributed by atoms with Gasteiger partial charge in [0.15, 0.2) is 0 Å². The van der Waals surface area contributed by atoms with Crippen LogP contribution in [0.4, 0.5) is 5.82 Å². The van der Waals surface area contributed by atoms with Gasteiger partial charge in [0, 0.05) is 37.5 Å². The quantitative estimate of drug-likeness (QED) is 0.852. The molecule has 2 aliphatic rings. The Hall–Kier alpha value is -2.47. The number of rotatable bonds is 4. The van der Waals surface area contributed by atoms with Crippen molar-refractivity contribution in [2.75, 3.05) is 24.5 Å². The maximum absolute atomic E-state index is 12.3. The Morgan fingerprint density at radius 2 is 1.89 bits per heavy atom. The van der Waals surface area contributed by atoms with Gasteiger partial charge in [-0.15, -0.1) is 0 Å². The van der Waals surface area contributed by atoms with Crippen LogP contribution in [0.5, 0.6) is 0 Å². The Kier molecular flexibility index (Phi) is 5.06. The number of piperidine rings is 1. The Morgan fingerprint density at radius 1 is 1.18 bits per heavy atom. The maximum Gasteiger partial charge on any atom is 0.270 e. The first-order chi connectivity index (χ1) is 13.5. The third-order valence-corrected chi connectivity index (χ3v) is 5.76.